The van der Waals surface area contributed by atoms with Gasteiger partial charge in [0, 0.05) is 11.1 Å². The number of hydrogen-bond donors (Lipinski definition) is 0. The molecule has 0 saturated carbocycles. The van der Waals surface area contributed by atoms with Crippen molar-refractivity contribution in [3.8, 4) is 23.0 Å². The monoisotopic (exact) mass is 490 g/mol. The second-order valence-corrected chi connectivity index (χ2v) is 8.78. The molecule has 7 nitrogen and oxygen atoms in total. The number of ether oxygens (including phenoxy) is 3. The van der Waals surface area contributed by atoms with Crippen LogP contribution in [-0.4, -0.2) is 23.5 Å². The minimum absolute atomic E-state index is 0.0762. The molecule has 1 aliphatic carbocycles. The van der Waals surface area contributed by atoms with E-state index in [-0.39, 0.29) is 29.1 Å². The van der Waals surface area contributed by atoms with Crippen molar-refractivity contribution in [2.24, 2.45) is 0 Å². The quantitative estimate of drug-likeness (QED) is 0.244. The third kappa shape index (κ3) is 4.38. The third-order valence-corrected chi connectivity index (χ3v) is 6.26. The lowest BCUT2D eigenvalue weighted by atomic mass is 10.0. The average Bonchev–Trinajstić information content (AvgIpc) is 3.34. The van der Waals surface area contributed by atoms with Gasteiger partial charge in [0.15, 0.2) is 11.6 Å². The van der Waals surface area contributed by atoms with Crippen LogP contribution in [0.1, 0.15) is 59.0 Å². The lowest BCUT2D eigenvalue weighted by Gasteiger charge is -2.09. The molecule has 0 radical (unpaired) electrons. The van der Waals surface area contributed by atoms with Crippen molar-refractivity contribution in [2.45, 2.75) is 12.8 Å². The van der Waals surface area contributed by atoms with Gasteiger partial charge in [-0.3, -0.25) is 9.59 Å². The van der Waals surface area contributed by atoms with Crippen molar-refractivity contribution in [1.29, 1.82) is 0 Å². The molecule has 4 aromatic rings. The highest BCUT2D eigenvalue weighted by Crippen LogP contribution is 2.30. The van der Waals surface area contributed by atoms with Crippen LogP contribution in [0.3, 0.4) is 0 Å². The fourth-order valence-corrected chi connectivity index (χ4v) is 4.38. The summed E-state index contributed by atoms with van der Waals surface area (Å²) in [5.74, 6) is 0.534. The molecular formula is C30H18O7. The number of benzene rings is 4. The largest absolute Gasteiger partial charge is 0.457 e. The first kappa shape index (κ1) is 22.4. The highest BCUT2D eigenvalue weighted by atomic mass is 16.6. The van der Waals surface area contributed by atoms with Crippen LogP contribution in [0.25, 0.3) is 0 Å². The zero-order valence-electron chi connectivity index (χ0n) is 19.4. The van der Waals surface area contributed by atoms with Crippen LogP contribution in [0.5, 0.6) is 23.0 Å². The molecule has 0 amide bonds. The molecule has 0 bridgehead atoms. The van der Waals surface area contributed by atoms with Gasteiger partial charge in [0.1, 0.15) is 23.0 Å². The summed E-state index contributed by atoms with van der Waals surface area (Å²) >= 11 is 0. The molecule has 0 N–H and O–H groups in total. The van der Waals surface area contributed by atoms with Crippen LogP contribution >= 0.6 is 0 Å². The van der Waals surface area contributed by atoms with Crippen LogP contribution in [0.2, 0.25) is 0 Å². The van der Waals surface area contributed by atoms with Crippen molar-refractivity contribution in [3.05, 3.63) is 118 Å². The van der Waals surface area contributed by atoms with E-state index in [9.17, 15) is 19.2 Å². The molecule has 0 atom stereocenters. The number of ketones is 2. The lowest BCUT2D eigenvalue weighted by Crippen LogP contribution is -1.96. The Balaban J connectivity index is 1.09. The minimum Gasteiger partial charge on any atom is -0.457 e. The van der Waals surface area contributed by atoms with E-state index >= 15 is 0 Å². The summed E-state index contributed by atoms with van der Waals surface area (Å²) in [6, 6.07) is 24.8. The summed E-state index contributed by atoms with van der Waals surface area (Å²) < 4.78 is 16.3. The molecule has 1 aliphatic heterocycles. The summed E-state index contributed by atoms with van der Waals surface area (Å²) in [6.45, 7) is 0. The number of carbonyl (C=O) groups is 4. The number of rotatable bonds is 6. The number of carbonyl (C=O) groups excluding carboxylic acids is 4. The van der Waals surface area contributed by atoms with Crippen molar-refractivity contribution < 1.29 is 33.4 Å². The zero-order chi connectivity index (χ0) is 25.5. The smallest absolute Gasteiger partial charge is 0.347 e. The maximum atomic E-state index is 12.0. The highest BCUT2D eigenvalue weighted by Gasteiger charge is 2.30. The van der Waals surface area contributed by atoms with Gasteiger partial charge in [0.25, 0.3) is 0 Å². The molecule has 6 rings (SSSR count). The molecule has 0 unspecified atom stereocenters. The second-order valence-electron chi connectivity index (χ2n) is 8.78. The number of hydrogen-bond acceptors (Lipinski definition) is 7. The standard InChI is InChI=1S/C30H18O7/c31-27-16-28(32)25-14-21(9-11-23(25)27)35-19-5-1-17(2-6-19)13-18-3-7-20(8-4-18)36-22-10-12-24-26(15-22)30(34)37-29(24)33/h1-12,14-15H,13,16H2. The second kappa shape index (κ2) is 8.87. The van der Waals surface area contributed by atoms with Gasteiger partial charge < -0.3 is 14.2 Å². The Morgan fingerprint density at radius 3 is 1.57 bits per heavy atom. The first-order chi connectivity index (χ1) is 17.9. The molecule has 4 aromatic carbocycles. The Morgan fingerprint density at radius 2 is 0.973 bits per heavy atom. The van der Waals surface area contributed by atoms with Gasteiger partial charge in [-0.05, 0) is 78.2 Å². The van der Waals surface area contributed by atoms with Crippen LogP contribution < -0.4 is 9.47 Å². The van der Waals surface area contributed by atoms with E-state index in [4.69, 9.17) is 9.47 Å². The van der Waals surface area contributed by atoms with Gasteiger partial charge in [-0.1, -0.05) is 24.3 Å². The Labute approximate surface area is 211 Å². The van der Waals surface area contributed by atoms with Crippen LogP contribution in [0, 0.1) is 0 Å². The van der Waals surface area contributed by atoms with Gasteiger partial charge in [-0.15, -0.1) is 0 Å². The van der Waals surface area contributed by atoms with Crippen molar-refractivity contribution in [3.63, 3.8) is 0 Å². The molecule has 37 heavy (non-hydrogen) atoms. The van der Waals surface area contributed by atoms with E-state index in [2.05, 4.69) is 4.74 Å². The fourth-order valence-electron chi connectivity index (χ4n) is 4.38. The first-order valence-electron chi connectivity index (χ1n) is 11.6. The van der Waals surface area contributed by atoms with Gasteiger partial charge in [-0.2, -0.15) is 0 Å². The SMILES string of the molecule is O=C1CC(=O)c2cc(Oc3ccc(Cc4ccc(Oc5ccc6c(c5)C(=O)OC6=O)cc4)cc3)ccc21. The van der Waals surface area contributed by atoms with Gasteiger partial charge in [0.2, 0.25) is 0 Å². The fraction of sp³-hybridized carbons (Fsp3) is 0.0667. The highest BCUT2D eigenvalue weighted by molar-refractivity contribution is 6.24. The molecule has 0 saturated heterocycles. The average molecular weight is 490 g/mol. The van der Waals surface area contributed by atoms with E-state index in [0.29, 0.717) is 40.5 Å². The topological polar surface area (TPSA) is 96.0 Å². The number of cyclic esters (lactones) is 2. The normalized spacial score (nSPS) is 13.8. The van der Waals surface area contributed by atoms with E-state index in [1.165, 1.54) is 12.1 Å². The predicted octanol–water partition coefficient (Wildman–Crippen LogP) is 5.94. The maximum Gasteiger partial charge on any atom is 0.347 e. The molecule has 0 fully saturated rings. The lowest BCUT2D eigenvalue weighted by molar-refractivity contribution is 0.0443. The molecule has 7 heteroatoms. The molecule has 0 aromatic heterocycles. The molecular weight excluding hydrogens is 472 g/mol. The maximum absolute atomic E-state index is 12.0. The van der Waals surface area contributed by atoms with E-state index in [0.717, 1.165) is 11.1 Å². The van der Waals surface area contributed by atoms with Crippen LogP contribution in [0.15, 0.2) is 84.9 Å². The van der Waals surface area contributed by atoms with Crippen LogP contribution in [0.4, 0.5) is 0 Å². The first-order valence-corrected chi connectivity index (χ1v) is 11.6. The summed E-state index contributed by atoms with van der Waals surface area (Å²) in [6.07, 6.45) is 0.621. The Kier molecular flexibility index (Phi) is 5.38. The van der Waals surface area contributed by atoms with Gasteiger partial charge >= 0.3 is 11.9 Å². The van der Waals surface area contributed by atoms with Crippen molar-refractivity contribution in [2.75, 3.05) is 0 Å². The van der Waals surface area contributed by atoms with Gasteiger partial charge in [0.05, 0.1) is 17.5 Å². The minimum atomic E-state index is -0.670. The summed E-state index contributed by atoms with van der Waals surface area (Å²) in [5, 5.41) is 0. The Bertz CT molecular complexity index is 1480. The van der Waals surface area contributed by atoms with E-state index in [1.54, 1.807) is 24.3 Å². The zero-order valence-corrected chi connectivity index (χ0v) is 19.4. The molecule has 2 aliphatic rings. The summed E-state index contributed by atoms with van der Waals surface area (Å²) in [4.78, 5) is 47.1. The van der Waals surface area contributed by atoms with Gasteiger partial charge in [-0.25, -0.2) is 9.59 Å². The number of fused-ring (bicyclic) bond motifs is 2. The number of Topliss-reactive ketones (excluding diaryl/α,β-unsaturated/α-hetero) is 2. The molecule has 180 valence electrons. The molecule has 0 spiro atoms. The Morgan fingerprint density at radius 1 is 0.514 bits per heavy atom. The Hall–Kier alpha value is -5.04. The summed E-state index contributed by atoms with van der Waals surface area (Å²) in [5.41, 5.74) is 3.47. The van der Waals surface area contributed by atoms with E-state index < -0.39 is 11.9 Å². The predicted molar refractivity (Wildman–Crippen MR) is 132 cm³/mol. The van der Waals surface area contributed by atoms with E-state index in [1.807, 2.05) is 48.5 Å². The third-order valence-electron chi connectivity index (χ3n) is 6.26. The van der Waals surface area contributed by atoms with Crippen molar-refractivity contribution >= 4 is 23.5 Å². The molecule has 1 heterocycles. The van der Waals surface area contributed by atoms with Crippen LogP contribution in [-0.2, 0) is 11.2 Å². The number of esters is 2. The summed E-state index contributed by atoms with van der Waals surface area (Å²) in [7, 11) is 0. The van der Waals surface area contributed by atoms with Crippen molar-refractivity contribution in [1.82, 2.24) is 0 Å².